The molecule has 1 amide bonds. The SMILES string of the molecule is CCc1ccc(C(=O)N=Nc2c(O)[nH]c3ccccc23)nc1. The number of aromatic hydroxyl groups is 1. The van der Waals surface area contributed by atoms with E-state index in [0.29, 0.717) is 5.39 Å². The average molecular weight is 294 g/mol. The lowest BCUT2D eigenvalue weighted by Crippen LogP contribution is -1.98. The number of aromatic nitrogens is 2. The Hall–Kier alpha value is -3.02. The molecule has 0 aliphatic rings. The highest BCUT2D eigenvalue weighted by Crippen LogP contribution is 2.35. The minimum atomic E-state index is -0.549. The number of nitrogens with zero attached hydrogens (tertiary/aromatic N) is 3. The van der Waals surface area contributed by atoms with Crippen molar-refractivity contribution in [3.63, 3.8) is 0 Å². The minimum absolute atomic E-state index is 0.118. The molecule has 0 bridgehead atoms. The molecule has 0 unspecified atom stereocenters. The lowest BCUT2D eigenvalue weighted by atomic mass is 10.2. The summed E-state index contributed by atoms with van der Waals surface area (Å²) >= 11 is 0. The first kappa shape index (κ1) is 13.9. The molecule has 0 atom stereocenters. The number of aryl methyl sites for hydroxylation is 1. The molecule has 0 spiro atoms. The summed E-state index contributed by atoms with van der Waals surface area (Å²) in [4.78, 5) is 18.8. The van der Waals surface area contributed by atoms with E-state index in [4.69, 9.17) is 0 Å². The van der Waals surface area contributed by atoms with Crippen LogP contribution in [0.5, 0.6) is 5.88 Å². The predicted molar refractivity (Wildman–Crippen MR) is 82.4 cm³/mol. The number of para-hydroxylation sites is 1. The smallest absolute Gasteiger partial charge is 0.313 e. The normalized spacial score (nSPS) is 11.3. The van der Waals surface area contributed by atoms with Crippen molar-refractivity contribution in [2.24, 2.45) is 10.2 Å². The number of hydrogen-bond acceptors (Lipinski definition) is 4. The highest BCUT2D eigenvalue weighted by molar-refractivity contribution is 5.96. The van der Waals surface area contributed by atoms with Crippen molar-refractivity contribution in [2.75, 3.05) is 0 Å². The molecule has 2 N–H and O–H groups in total. The zero-order valence-corrected chi connectivity index (χ0v) is 11.9. The van der Waals surface area contributed by atoms with Crippen LogP contribution in [-0.2, 0) is 6.42 Å². The zero-order valence-electron chi connectivity index (χ0n) is 11.9. The molecule has 22 heavy (non-hydrogen) atoms. The Morgan fingerprint density at radius 1 is 1.27 bits per heavy atom. The summed E-state index contributed by atoms with van der Waals surface area (Å²) in [5.41, 5.74) is 2.24. The monoisotopic (exact) mass is 294 g/mol. The van der Waals surface area contributed by atoms with Crippen LogP contribution in [0.15, 0.2) is 52.8 Å². The molecule has 0 radical (unpaired) electrons. The number of benzene rings is 1. The number of rotatable bonds is 3. The Balaban J connectivity index is 1.88. The van der Waals surface area contributed by atoms with Gasteiger partial charge in [0, 0.05) is 11.6 Å². The molecule has 6 heteroatoms. The van der Waals surface area contributed by atoms with Gasteiger partial charge in [-0.1, -0.05) is 31.2 Å². The number of amides is 1. The Morgan fingerprint density at radius 2 is 2.09 bits per heavy atom. The van der Waals surface area contributed by atoms with Crippen molar-refractivity contribution in [3.05, 3.63) is 53.9 Å². The molecule has 1 aromatic carbocycles. The molecule has 0 fully saturated rings. The molecule has 110 valence electrons. The molecule has 2 heterocycles. The number of carbonyl (C=O) groups excluding carboxylic acids is 1. The molecule has 0 aliphatic heterocycles. The number of pyridine rings is 1. The number of H-pyrrole nitrogens is 1. The van der Waals surface area contributed by atoms with Crippen LogP contribution < -0.4 is 0 Å². The van der Waals surface area contributed by atoms with Crippen LogP contribution in [0.25, 0.3) is 10.9 Å². The number of nitrogens with one attached hydrogen (secondary N) is 1. The molecular weight excluding hydrogens is 280 g/mol. The van der Waals surface area contributed by atoms with Gasteiger partial charge in [-0.3, -0.25) is 9.78 Å². The maximum Gasteiger partial charge on any atom is 0.313 e. The fraction of sp³-hybridized carbons (Fsp3) is 0.125. The maximum absolute atomic E-state index is 12.0. The highest BCUT2D eigenvalue weighted by atomic mass is 16.3. The summed E-state index contributed by atoms with van der Waals surface area (Å²) in [7, 11) is 0. The quantitative estimate of drug-likeness (QED) is 0.720. The molecule has 3 rings (SSSR count). The standard InChI is InChI=1S/C16H14N4O2/c1-2-10-7-8-13(17-9-10)15(21)20-19-14-11-5-3-4-6-12(11)18-16(14)22/h3-9,18,22H,2H2,1H3. The van der Waals surface area contributed by atoms with Crippen LogP contribution in [0.4, 0.5) is 5.69 Å². The lowest BCUT2D eigenvalue weighted by molar-refractivity contribution is 0.0990. The van der Waals surface area contributed by atoms with Crippen molar-refractivity contribution in [1.82, 2.24) is 9.97 Å². The van der Waals surface area contributed by atoms with Crippen LogP contribution in [0, 0.1) is 0 Å². The van der Waals surface area contributed by atoms with E-state index in [1.54, 1.807) is 24.4 Å². The van der Waals surface area contributed by atoms with Gasteiger partial charge in [0.15, 0.2) is 5.69 Å². The van der Waals surface area contributed by atoms with Crippen LogP contribution in [-0.4, -0.2) is 21.0 Å². The van der Waals surface area contributed by atoms with E-state index >= 15 is 0 Å². The minimum Gasteiger partial charge on any atom is -0.493 e. The summed E-state index contributed by atoms with van der Waals surface area (Å²) in [6, 6.07) is 10.7. The van der Waals surface area contributed by atoms with Crippen molar-refractivity contribution in [1.29, 1.82) is 0 Å². The fourth-order valence-corrected chi connectivity index (χ4v) is 2.12. The Morgan fingerprint density at radius 3 is 2.82 bits per heavy atom. The van der Waals surface area contributed by atoms with E-state index < -0.39 is 5.91 Å². The van der Waals surface area contributed by atoms with Gasteiger partial charge in [-0.2, -0.15) is 0 Å². The van der Waals surface area contributed by atoms with Crippen LogP contribution in [0.3, 0.4) is 0 Å². The number of fused-ring (bicyclic) bond motifs is 1. The molecule has 0 saturated heterocycles. The number of carbonyl (C=O) groups is 1. The van der Waals surface area contributed by atoms with Gasteiger partial charge < -0.3 is 10.1 Å². The van der Waals surface area contributed by atoms with E-state index in [1.807, 2.05) is 25.1 Å². The molecule has 6 nitrogen and oxygen atoms in total. The molecule has 0 aliphatic carbocycles. The summed E-state index contributed by atoms with van der Waals surface area (Å²) in [6.45, 7) is 2.01. The Labute approximate surface area is 126 Å². The first-order valence-corrected chi connectivity index (χ1v) is 6.89. The van der Waals surface area contributed by atoms with E-state index in [9.17, 15) is 9.90 Å². The van der Waals surface area contributed by atoms with E-state index in [-0.39, 0.29) is 17.3 Å². The van der Waals surface area contributed by atoms with Crippen molar-refractivity contribution in [3.8, 4) is 5.88 Å². The topological polar surface area (TPSA) is 90.7 Å². The van der Waals surface area contributed by atoms with Gasteiger partial charge >= 0.3 is 5.91 Å². The predicted octanol–water partition coefficient (Wildman–Crippen LogP) is 3.76. The van der Waals surface area contributed by atoms with Gasteiger partial charge in [0.1, 0.15) is 5.69 Å². The number of aromatic amines is 1. The third-order valence-electron chi connectivity index (χ3n) is 3.35. The Kier molecular flexibility index (Phi) is 3.65. The van der Waals surface area contributed by atoms with Crippen LogP contribution in [0.1, 0.15) is 23.0 Å². The summed E-state index contributed by atoms with van der Waals surface area (Å²) in [6.07, 6.45) is 2.50. The van der Waals surface area contributed by atoms with Gasteiger partial charge in [0.2, 0.25) is 5.88 Å². The van der Waals surface area contributed by atoms with Gasteiger partial charge in [0.25, 0.3) is 0 Å². The molecular formula is C16H14N4O2. The molecule has 0 saturated carbocycles. The fourth-order valence-electron chi connectivity index (χ4n) is 2.12. The van der Waals surface area contributed by atoms with Gasteiger partial charge in [-0.15, -0.1) is 10.2 Å². The van der Waals surface area contributed by atoms with Gasteiger partial charge in [-0.25, -0.2) is 0 Å². The van der Waals surface area contributed by atoms with Crippen molar-refractivity contribution >= 4 is 22.5 Å². The number of azo groups is 1. The van der Waals surface area contributed by atoms with Gasteiger partial charge in [-0.05, 0) is 24.1 Å². The maximum atomic E-state index is 12.0. The third-order valence-corrected chi connectivity index (χ3v) is 3.35. The first-order valence-electron chi connectivity index (χ1n) is 6.89. The summed E-state index contributed by atoms with van der Waals surface area (Å²) in [5, 5.41) is 18.1. The largest absolute Gasteiger partial charge is 0.493 e. The first-order chi connectivity index (χ1) is 10.7. The second-order valence-corrected chi connectivity index (χ2v) is 4.78. The second kappa shape index (κ2) is 5.77. The van der Waals surface area contributed by atoms with Crippen molar-refractivity contribution < 1.29 is 9.90 Å². The van der Waals surface area contributed by atoms with Crippen LogP contribution >= 0.6 is 0 Å². The number of hydrogen-bond donors (Lipinski definition) is 2. The second-order valence-electron chi connectivity index (χ2n) is 4.78. The lowest BCUT2D eigenvalue weighted by Gasteiger charge is -1.97. The average Bonchev–Trinajstić information content (AvgIpc) is 2.88. The van der Waals surface area contributed by atoms with Gasteiger partial charge in [0.05, 0.1) is 5.52 Å². The summed E-state index contributed by atoms with van der Waals surface area (Å²) in [5.74, 6) is -0.667. The molecule has 2 aromatic heterocycles. The zero-order chi connectivity index (χ0) is 15.5. The van der Waals surface area contributed by atoms with E-state index in [0.717, 1.165) is 17.5 Å². The van der Waals surface area contributed by atoms with Crippen LogP contribution in [0.2, 0.25) is 0 Å². The van der Waals surface area contributed by atoms with Crippen molar-refractivity contribution in [2.45, 2.75) is 13.3 Å². The summed E-state index contributed by atoms with van der Waals surface area (Å²) < 4.78 is 0. The highest BCUT2D eigenvalue weighted by Gasteiger charge is 2.11. The Bertz CT molecular complexity index is 850. The molecule has 3 aromatic rings. The third kappa shape index (κ3) is 2.58. The van der Waals surface area contributed by atoms with E-state index in [1.165, 1.54) is 0 Å². The van der Waals surface area contributed by atoms with E-state index in [2.05, 4.69) is 20.2 Å².